The average molecular weight is 264 g/mol. The highest BCUT2D eigenvalue weighted by Gasteiger charge is 2.22. The third-order valence-corrected chi connectivity index (χ3v) is 3.81. The van der Waals surface area contributed by atoms with Gasteiger partial charge in [0.1, 0.15) is 0 Å². The van der Waals surface area contributed by atoms with E-state index in [2.05, 4.69) is 15.2 Å². The summed E-state index contributed by atoms with van der Waals surface area (Å²) in [4.78, 5) is 18.8. The van der Waals surface area contributed by atoms with E-state index in [1.165, 1.54) is 0 Å². The molecule has 0 saturated carbocycles. The van der Waals surface area contributed by atoms with E-state index in [4.69, 9.17) is 0 Å². The molecule has 106 valence electrons. The number of hydrogen-bond donors (Lipinski definition) is 1. The fourth-order valence-corrected chi connectivity index (χ4v) is 2.68. The van der Waals surface area contributed by atoms with Crippen molar-refractivity contribution >= 4 is 5.82 Å². The number of nitrogens with zero attached hydrogens (tertiary/aromatic N) is 3. The molecule has 19 heavy (non-hydrogen) atoms. The smallest absolute Gasteiger partial charge is 0.293 e. The molecule has 0 spiro atoms. The molecule has 0 amide bonds. The zero-order valence-electron chi connectivity index (χ0n) is 12.1. The molecule has 0 unspecified atom stereocenters. The molecular weight excluding hydrogens is 240 g/mol. The van der Waals surface area contributed by atoms with E-state index in [0.29, 0.717) is 5.82 Å². The maximum absolute atomic E-state index is 12.4. The first-order valence-electron chi connectivity index (χ1n) is 7.10. The highest BCUT2D eigenvalue weighted by atomic mass is 16.1. The Hall–Kier alpha value is -1.36. The predicted molar refractivity (Wildman–Crippen MR) is 77.7 cm³/mol. The van der Waals surface area contributed by atoms with Crippen LogP contribution in [0.2, 0.25) is 0 Å². The minimum Gasteiger partial charge on any atom is -0.352 e. The Morgan fingerprint density at radius 1 is 1.42 bits per heavy atom. The lowest BCUT2D eigenvalue weighted by atomic mass is 9.97. The molecule has 2 rings (SSSR count). The van der Waals surface area contributed by atoms with Crippen LogP contribution in [0, 0.1) is 5.92 Å². The highest BCUT2D eigenvalue weighted by Crippen LogP contribution is 2.19. The SMILES string of the molecule is CNCC1CCN(c2nccn(C(C)C)c2=O)CC1. The number of hydrogen-bond acceptors (Lipinski definition) is 4. The molecule has 1 aromatic rings. The second kappa shape index (κ2) is 6.19. The van der Waals surface area contributed by atoms with Gasteiger partial charge in [0, 0.05) is 31.5 Å². The van der Waals surface area contributed by atoms with E-state index in [1.807, 2.05) is 20.9 Å². The van der Waals surface area contributed by atoms with Crippen LogP contribution in [0.4, 0.5) is 5.82 Å². The summed E-state index contributed by atoms with van der Waals surface area (Å²) in [6, 6.07) is 0.177. The molecule has 0 bridgehead atoms. The Kier molecular flexibility index (Phi) is 4.58. The van der Waals surface area contributed by atoms with Crippen molar-refractivity contribution in [3.63, 3.8) is 0 Å². The summed E-state index contributed by atoms with van der Waals surface area (Å²) in [5, 5.41) is 3.23. The maximum atomic E-state index is 12.4. The number of rotatable bonds is 4. The van der Waals surface area contributed by atoms with Crippen molar-refractivity contribution < 1.29 is 0 Å². The summed E-state index contributed by atoms with van der Waals surface area (Å²) in [6.07, 6.45) is 5.75. The van der Waals surface area contributed by atoms with Crippen LogP contribution in [0.25, 0.3) is 0 Å². The molecule has 0 aliphatic carbocycles. The van der Waals surface area contributed by atoms with E-state index >= 15 is 0 Å². The van der Waals surface area contributed by atoms with Gasteiger partial charge in [-0.15, -0.1) is 0 Å². The average Bonchev–Trinajstić information content (AvgIpc) is 2.40. The Morgan fingerprint density at radius 3 is 2.68 bits per heavy atom. The Labute approximate surface area is 114 Å². The summed E-state index contributed by atoms with van der Waals surface area (Å²) in [5.74, 6) is 1.33. The van der Waals surface area contributed by atoms with Crippen molar-refractivity contribution in [1.29, 1.82) is 0 Å². The second-order valence-electron chi connectivity index (χ2n) is 5.55. The molecule has 1 N–H and O–H groups in total. The van der Waals surface area contributed by atoms with Crippen LogP contribution in [-0.4, -0.2) is 36.2 Å². The monoisotopic (exact) mass is 264 g/mol. The Bertz CT molecular complexity index is 461. The molecule has 0 radical (unpaired) electrons. The van der Waals surface area contributed by atoms with Crippen molar-refractivity contribution in [1.82, 2.24) is 14.9 Å². The Balaban J connectivity index is 2.12. The lowest BCUT2D eigenvalue weighted by molar-refractivity contribution is 0.391. The first-order valence-corrected chi connectivity index (χ1v) is 7.10. The molecule has 0 aromatic carbocycles. The number of anilines is 1. The fourth-order valence-electron chi connectivity index (χ4n) is 2.68. The summed E-state index contributed by atoms with van der Waals surface area (Å²) in [6.45, 7) is 6.95. The van der Waals surface area contributed by atoms with Crippen LogP contribution in [0.5, 0.6) is 0 Å². The van der Waals surface area contributed by atoms with Crippen LogP contribution in [0.3, 0.4) is 0 Å². The van der Waals surface area contributed by atoms with E-state index in [0.717, 1.165) is 38.4 Å². The molecule has 0 atom stereocenters. The summed E-state index contributed by atoms with van der Waals surface area (Å²) in [5.41, 5.74) is 0.0320. The van der Waals surface area contributed by atoms with Crippen LogP contribution >= 0.6 is 0 Å². The third kappa shape index (κ3) is 3.15. The Morgan fingerprint density at radius 2 is 2.11 bits per heavy atom. The van der Waals surface area contributed by atoms with Gasteiger partial charge in [-0.25, -0.2) is 4.98 Å². The van der Waals surface area contributed by atoms with Crippen LogP contribution in [0.15, 0.2) is 17.2 Å². The lowest BCUT2D eigenvalue weighted by Crippen LogP contribution is -2.41. The zero-order chi connectivity index (χ0) is 13.8. The van der Waals surface area contributed by atoms with Crippen LogP contribution in [-0.2, 0) is 0 Å². The summed E-state index contributed by atoms with van der Waals surface area (Å²) in [7, 11) is 1.99. The van der Waals surface area contributed by atoms with E-state index in [-0.39, 0.29) is 11.6 Å². The quantitative estimate of drug-likeness (QED) is 0.889. The molecule has 1 aliphatic heterocycles. The van der Waals surface area contributed by atoms with Gasteiger partial charge in [0.15, 0.2) is 5.82 Å². The normalized spacial score (nSPS) is 17.2. The molecule has 1 saturated heterocycles. The van der Waals surface area contributed by atoms with Gasteiger partial charge in [-0.1, -0.05) is 0 Å². The van der Waals surface area contributed by atoms with Gasteiger partial charge in [-0.2, -0.15) is 0 Å². The van der Waals surface area contributed by atoms with Crippen LogP contribution < -0.4 is 15.8 Å². The van der Waals surface area contributed by atoms with Crippen molar-refractivity contribution in [2.24, 2.45) is 5.92 Å². The third-order valence-electron chi connectivity index (χ3n) is 3.81. The molecular formula is C14H24N4O. The van der Waals surface area contributed by atoms with Gasteiger partial charge in [0.05, 0.1) is 0 Å². The zero-order valence-corrected chi connectivity index (χ0v) is 12.1. The van der Waals surface area contributed by atoms with Crippen molar-refractivity contribution in [2.45, 2.75) is 32.7 Å². The van der Waals surface area contributed by atoms with Gasteiger partial charge >= 0.3 is 0 Å². The number of aromatic nitrogens is 2. The van der Waals surface area contributed by atoms with E-state index in [9.17, 15) is 4.79 Å². The number of piperidine rings is 1. The summed E-state index contributed by atoms with van der Waals surface area (Å²) < 4.78 is 1.75. The fraction of sp³-hybridized carbons (Fsp3) is 0.714. The molecule has 1 aliphatic rings. The molecule has 1 aromatic heterocycles. The van der Waals surface area contributed by atoms with Gasteiger partial charge in [-0.3, -0.25) is 4.79 Å². The van der Waals surface area contributed by atoms with E-state index in [1.54, 1.807) is 17.0 Å². The second-order valence-corrected chi connectivity index (χ2v) is 5.55. The largest absolute Gasteiger partial charge is 0.352 e. The van der Waals surface area contributed by atoms with Gasteiger partial charge in [0.2, 0.25) is 0 Å². The summed E-state index contributed by atoms with van der Waals surface area (Å²) >= 11 is 0. The molecule has 5 nitrogen and oxygen atoms in total. The van der Waals surface area contributed by atoms with Crippen molar-refractivity contribution in [3.8, 4) is 0 Å². The van der Waals surface area contributed by atoms with Gasteiger partial charge in [-0.05, 0) is 46.2 Å². The number of nitrogens with one attached hydrogen (secondary N) is 1. The standard InChI is InChI=1S/C14H24N4O/c1-11(2)18-9-6-16-13(14(18)19)17-7-4-12(5-8-17)10-15-3/h6,9,11-12,15H,4-5,7-8,10H2,1-3H3. The van der Waals surface area contributed by atoms with Crippen LogP contribution in [0.1, 0.15) is 32.7 Å². The molecule has 2 heterocycles. The van der Waals surface area contributed by atoms with Gasteiger partial charge in [0.25, 0.3) is 5.56 Å². The van der Waals surface area contributed by atoms with Crippen molar-refractivity contribution in [3.05, 3.63) is 22.7 Å². The van der Waals surface area contributed by atoms with Crippen molar-refractivity contribution in [2.75, 3.05) is 31.6 Å². The first kappa shape index (κ1) is 14.1. The molecule has 5 heteroatoms. The van der Waals surface area contributed by atoms with E-state index < -0.39 is 0 Å². The minimum absolute atomic E-state index is 0.0320. The topological polar surface area (TPSA) is 50.2 Å². The predicted octanol–water partition coefficient (Wildman–Crippen LogP) is 1.26. The first-order chi connectivity index (χ1) is 9.13. The molecule has 1 fully saturated rings. The van der Waals surface area contributed by atoms with Gasteiger partial charge < -0.3 is 14.8 Å². The lowest BCUT2D eigenvalue weighted by Gasteiger charge is -2.32. The minimum atomic E-state index is 0.0320. The highest BCUT2D eigenvalue weighted by molar-refractivity contribution is 5.36. The maximum Gasteiger partial charge on any atom is 0.293 e.